The van der Waals surface area contributed by atoms with E-state index in [9.17, 15) is 0 Å². The fourth-order valence-corrected chi connectivity index (χ4v) is 2.17. The summed E-state index contributed by atoms with van der Waals surface area (Å²) in [6.45, 7) is 4.74. The summed E-state index contributed by atoms with van der Waals surface area (Å²) in [5, 5.41) is 0. The molecular formula is C14H20O2. The third-order valence-electron chi connectivity index (χ3n) is 3.20. The standard InChI is InChI=1S/C14H20O2/c1-3-4-5-6-7-12-8-9-13-14(11(12)2)16-10-15-13/h8-9H,3-7,10H2,1-2H3. The molecule has 0 N–H and O–H groups in total. The van der Waals surface area contributed by atoms with E-state index in [1.807, 2.05) is 6.07 Å². The number of fused-ring (bicyclic) bond motifs is 1. The molecule has 1 aromatic rings. The van der Waals surface area contributed by atoms with Gasteiger partial charge in [0.05, 0.1) is 0 Å². The topological polar surface area (TPSA) is 18.5 Å². The highest BCUT2D eigenvalue weighted by atomic mass is 16.7. The van der Waals surface area contributed by atoms with Crippen LogP contribution >= 0.6 is 0 Å². The molecule has 1 aromatic carbocycles. The van der Waals surface area contributed by atoms with Crippen LogP contribution in [0.3, 0.4) is 0 Å². The van der Waals surface area contributed by atoms with Gasteiger partial charge >= 0.3 is 0 Å². The summed E-state index contributed by atoms with van der Waals surface area (Å²) in [7, 11) is 0. The Labute approximate surface area is 97.6 Å². The summed E-state index contributed by atoms with van der Waals surface area (Å²) in [6.07, 6.45) is 6.38. The molecule has 2 heteroatoms. The number of hydrogen-bond acceptors (Lipinski definition) is 2. The maximum absolute atomic E-state index is 5.48. The number of rotatable bonds is 5. The van der Waals surface area contributed by atoms with Crippen LogP contribution in [0.4, 0.5) is 0 Å². The largest absolute Gasteiger partial charge is 0.454 e. The molecule has 0 saturated heterocycles. The molecule has 88 valence electrons. The molecule has 0 aliphatic carbocycles. The smallest absolute Gasteiger partial charge is 0.231 e. The normalized spacial score (nSPS) is 13.1. The lowest BCUT2D eigenvalue weighted by atomic mass is 10.0. The fraction of sp³-hybridized carbons (Fsp3) is 0.571. The van der Waals surface area contributed by atoms with Crippen LogP contribution in [-0.4, -0.2) is 6.79 Å². The summed E-state index contributed by atoms with van der Waals surface area (Å²) < 4.78 is 10.8. The molecule has 0 amide bonds. The zero-order valence-electron chi connectivity index (χ0n) is 10.2. The van der Waals surface area contributed by atoms with Gasteiger partial charge < -0.3 is 9.47 Å². The first-order valence-electron chi connectivity index (χ1n) is 6.21. The van der Waals surface area contributed by atoms with Crippen molar-refractivity contribution < 1.29 is 9.47 Å². The maximum Gasteiger partial charge on any atom is 0.231 e. The minimum absolute atomic E-state index is 0.370. The third-order valence-corrected chi connectivity index (χ3v) is 3.20. The molecule has 0 radical (unpaired) electrons. The van der Waals surface area contributed by atoms with Crippen LogP contribution in [0, 0.1) is 6.92 Å². The number of benzene rings is 1. The van der Waals surface area contributed by atoms with E-state index in [1.54, 1.807) is 0 Å². The average molecular weight is 220 g/mol. The summed E-state index contributed by atoms with van der Waals surface area (Å²) in [6, 6.07) is 4.21. The molecule has 0 atom stereocenters. The molecule has 2 rings (SSSR count). The predicted octanol–water partition coefficient (Wildman–Crippen LogP) is 3.85. The zero-order chi connectivity index (χ0) is 11.4. The number of ether oxygens (including phenoxy) is 2. The number of aryl methyl sites for hydroxylation is 1. The van der Waals surface area contributed by atoms with Crippen LogP contribution in [0.1, 0.15) is 43.7 Å². The Balaban J connectivity index is 1.99. The van der Waals surface area contributed by atoms with Crippen molar-refractivity contribution in [2.75, 3.05) is 6.79 Å². The van der Waals surface area contributed by atoms with Crippen molar-refractivity contribution in [1.82, 2.24) is 0 Å². The van der Waals surface area contributed by atoms with Gasteiger partial charge in [0.15, 0.2) is 11.5 Å². The lowest BCUT2D eigenvalue weighted by Crippen LogP contribution is -1.94. The van der Waals surface area contributed by atoms with Gasteiger partial charge in [0.2, 0.25) is 6.79 Å². The molecule has 0 aromatic heterocycles. The second-order valence-corrected chi connectivity index (χ2v) is 4.39. The van der Waals surface area contributed by atoms with E-state index in [0.717, 1.165) is 17.9 Å². The molecule has 2 nitrogen and oxygen atoms in total. The Morgan fingerprint density at radius 3 is 2.81 bits per heavy atom. The average Bonchev–Trinajstić information content (AvgIpc) is 2.76. The molecule has 16 heavy (non-hydrogen) atoms. The first-order chi connectivity index (χ1) is 7.83. The maximum atomic E-state index is 5.48. The monoisotopic (exact) mass is 220 g/mol. The predicted molar refractivity (Wildman–Crippen MR) is 65.1 cm³/mol. The Morgan fingerprint density at radius 2 is 2.00 bits per heavy atom. The lowest BCUT2D eigenvalue weighted by Gasteiger charge is -2.08. The molecular weight excluding hydrogens is 200 g/mol. The molecule has 0 bridgehead atoms. The molecule has 0 fully saturated rings. The van der Waals surface area contributed by atoms with Gasteiger partial charge in [-0.3, -0.25) is 0 Å². The van der Waals surface area contributed by atoms with E-state index < -0.39 is 0 Å². The minimum atomic E-state index is 0.370. The van der Waals surface area contributed by atoms with Crippen LogP contribution in [0.25, 0.3) is 0 Å². The van der Waals surface area contributed by atoms with E-state index in [-0.39, 0.29) is 0 Å². The first-order valence-corrected chi connectivity index (χ1v) is 6.21. The zero-order valence-corrected chi connectivity index (χ0v) is 10.2. The Morgan fingerprint density at radius 1 is 1.12 bits per heavy atom. The molecule has 1 aliphatic rings. The van der Waals surface area contributed by atoms with Crippen LogP contribution in [0.15, 0.2) is 12.1 Å². The third kappa shape index (κ3) is 2.31. The van der Waals surface area contributed by atoms with E-state index in [2.05, 4.69) is 19.9 Å². The highest BCUT2D eigenvalue weighted by Gasteiger charge is 2.17. The van der Waals surface area contributed by atoms with Crippen molar-refractivity contribution in [2.24, 2.45) is 0 Å². The first kappa shape index (κ1) is 11.3. The van der Waals surface area contributed by atoms with Crippen LogP contribution < -0.4 is 9.47 Å². The van der Waals surface area contributed by atoms with Gasteiger partial charge in [0.1, 0.15) is 0 Å². The SMILES string of the molecule is CCCCCCc1ccc2c(c1C)OCO2. The minimum Gasteiger partial charge on any atom is -0.454 e. The van der Waals surface area contributed by atoms with Crippen molar-refractivity contribution in [3.05, 3.63) is 23.3 Å². The summed E-state index contributed by atoms with van der Waals surface area (Å²) >= 11 is 0. The van der Waals surface area contributed by atoms with Crippen LogP contribution in [-0.2, 0) is 6.42 Å². The Hall–Kier alpha value is -1.18. The van der Waals surface area contributed by atoms with Crippen LogP contribution in [0.2, 0.25) is 0 Å². The lowest BCUT2D eigenvalue weighted by molar-refractivity contribution is 0.173. The second-order valence-electron chi connectivity index (χ2n) is 4.39. The highest BCUT2D eigenvalue weighted by molar-refractivity contribution is 5.51. The van der Waals surface area contributed by atoms with E-state index in [4.69, 9.17) is 9.47 Å². The van der Waals surface area contributed by atoms with Crippen LogP contribution in [0.5, 0.6) is 11.5 Å². The Kier molecular flexibility index (Phi) is 3.70. The highest BCUT2D eigenvalue weighted by Crippen LogP contribution is 2.37. The summed E-state index contributed by atoms with van der Waals surface area (Å²) in [5.41, 5.74) is 2.66. The van der Waals surface area contributed by atoms with Gasteiger partial charge in [-0.1, -0.05) is 32.3 Å². The van der Waals surface area contributed by atoms with Gasteiger partial charge in [0.25, 0.3) is 0 Å². The van der Waals surface area contributed by atoms with Crippen molar-refractivity contribution in [3.63, 3.8) is 0 Å². The second kappa shape index (κ2) is 5.24. The summed E-state index contributed by atoms with van der Waals surface area (Å²) in [4.78, 5) is 0. The van der Waals surface area contributed by atoms with Gasteiger partial charge in [-0.25, -0.2) is 0 Å². The number of hydrogen-bond donors (Lipinski definition) is 0. The fourth-order valence-electron chi connectivity index (χ4n) is 2.17. The Bertz CT molecular complexity index is 358. The molecule has 1 aliphatic heterocycles. The van der Waals surface area contributed by atoms with Gasteiger partial charge in [-0.15, -0.1) is 0 Å². The summed E-state index contributed by atoms with van der Waals surface area (Å²) in [5.74, 6) is 1.85. The molecule has 0 unspecified atom stereocenters. The van der Waals surface area contributed by atoms with E-state index in [1.165, 1.54) is 36.8 Å². The van der Waals surface area contributed by atoms with E-state index >= 15 is 0 Å². The van der Waals surface area contributed by atoms with Crippen molar-refractivity contribution in [3.8, 4) is 11.5 Å². The molecule has 0 saturated carbocycles. The van der Waals surface area contributed by atoms with Gasteiger partial charge in [0, 0.05) is 0 Å². The number of unbranched alkanes of at least 4 members (excludes halogenated alkanes) is 3. The molecule has 0 spiro atoms. The van der Waals surface area contributed by atoms with Crippen molar-refractivity contribution >= 4 is 0 Å². The quantitative estimate of drug-likeness (QED) is 0.702. The van der Waals surface area contributed by atoms with Gasteiger partial charge in [-0.2, -0.15) is 0 Å². The van der Waals surface area contributed by atoms with Gasteiger partial charge in [-0.05, 0) is 37.0 Å². The molecule has 1 heterocycles. The van der Waals surface area contributed by atoms with E-state index in [0.29, 0.717) is 6.79 Å². The van der Waals surface area contributed by atoms with Crippen molar-refractivity contribution in [2.45, 2.75) is 46.0 Å². The van der Waals surface area contributed by atoms with Crippen molar-refractivity contribution in [1.29, 1.82) is 0 Å².